The molecule has 0 bridgehead atoms. The molecule has 15 heavy (non-hydrogen) atoms. The van der Waals surface area contributed by atoms with Gasteiger partial charge in [0.25, 0.3) is 0 Å². The number of hydrogen-bond acceptors (Lipinski definition) is 3. The molecular weight excluding hydrogens is 242 g/mol. The number of halogens is 1. The van der Waals surface area contributed by atoms with E-state index in [1.807, 2.05) is 0 Å². The molecule has 1 rings (SSSR count). The van der Waals surface area contributed by atoms with Crippen molar-refractivity contribution in [3.05, 3.63) is 28.8 Å². The van der Waals surface area contributed by atoms with Crippen LogP contribution in [0.3, 0.4) is 0 Å². The second-order valence-electron chi connectivity index (χ2n) is 2.65. The average Bonchev–Trinajstić information content (AvgIpc) is 2.17. The summed E-state index contributed by atoms with van der Waals surface area (Å²) in [6, 6.07) is 3.48. The van der Waals surface area contributed by atoms with Crippen LogP contribution in [-0.2, 0) is 10.0 Å². The molecule has 7 heteroatoms. The highest BCUT2D eigenvalue weighted by atomic mass is 35.5. The monoisotopic (exact) mass is 249 g/mol. The lowest BCUT2D eigenvalue weighted by Crippen LogP contribution is -2.19. The van der Waals surface area contributed by atoms with Gasteiger partial charge in [-0.2, -0.15) is 0 Å². The SMILES string of the molecule is CNS(=O)(=O)c1ccc(Cl)c(C(=O)O)c1. The first kappa shape index (κ1) is 12.0. The summed E-state index contributed by atoms with van der Waals surface area (Å²) in [5.41, 5.74) is -0.243. The first-order valence-electron chi connectivity index (χ1n) is 3.85. The Balaban J connectivity index is 3.38. The third kappa shape index (κ3) is 2.47. The van der Waals surface area contributed by atoms with E-state index in [9.17, 15) is 13.2 Å². The molecule has 0 atom stereocenters. The molecule has 1 aromatic rings. The summed E-state index contributed by atoms with van der Waals surface area (Å²) in [4.78, 5) is 10.6. The minimum absolute atomic E-state index is 0.00227. The van der Waals surface area contributed by atoms with Gasteiger partial charge in [0, 0.05) is 0 Å². The van der Waals surface area contributed by atoms with Crippen molar-refractivity contribution in [3.63, 3.8) is 0 Å². The number of nitrogens with one attached hydrogen (secondary N) is 1. The van der Waals surface area contributed by atoms with E-state index < -0.39 is 16.0 Å². The van der Waals surface area contributed by atoms with Gasteiger partial charge in [-0.1, -0.05) is 11.6 Å². The highest BCUT2D eigenvalue weighted by molar-refractivity contribution is 7.89. The minimum Gasteiger partial charge on any atom is -0.478 e. The number of rotatable bonds is 3. The van der Waals surface area contributed by atoms with Crippen molar-refractivity contribution in [2.75, 3.05) is 7.05 Å². The molecule has 5 nitrogen and oxygen atoms in total. The van der Waals surface area contributed by atoms with E-state index in [-0.39, 0.29) is 15.5 Å². The van der Waals surface area contributed by atoms with E-state index in [4.69, 9.17) is 16.7 Å². The molecule has 1 aromatic carbocycles. The van der Waals surface area contributed by atoms with Crippen LogP contribution in [0.5, 0.6) is 0 Å². The normalized spacial score (nSPS) is 11.3. The van der Waals surface area contributed by atoms with Crippen LogP contribution in [0.1, 0.15) is 10.4 Å². The molecule has 0 aromatic heterocycles. The van der Waals surface area contributed by atoms with Gasteiger partial charge in [-0.15, -0.1) is 0 Å². The maximum Gasteiger partial charge on any atom is 0.337 e. The lowest BCUT2D eigenvalue weighted by Gasteiger charge is -2.04. The molecular formula is C8H8ClNO4S. The molecule has 0 radical (unpaired) electrons. The van der Waals surface area contributed by atoms with Crippen molar-refractivity contribution < 1.29 is 18.3 Å². The van der Waals surface area contributed by atoms with Gasteiger partial charge >= 0.3 is 5.97 Å². The highest BCUT2D eigenvalue weighted by Gasteiger charge is 2.16. The maximum atomic E-state index is 11.3. The van der Waals surface area contributed by atoms with E-state index in [1.54, 1.807) is 0 Å². The largest absolute Gasteiger partial charge is 0.478 e. The number of carbonyl (C=O) groups is 1. The van der Waals surface area contributed by atoms with Crippen LogP contribution in [0.2, 0.25) is 5.02 Å². The molecule has 82 valence electrons. The summed E-state index contributed by atoms with van der Waals surface area (Å²) >= 11 is 5.59. The van der Waals surface area contributed by atoms with Gasteiger partial charge in [-0.25, -0.2) is 17.9 Å². The van der Waals surface area contributed by atoms with E-state index in [2.05, 4.69) is 4.72 Å². The predicted molar refractivity (Wildman–Crippen MR) is 54.7 cm³/mol. The van der Waals surface area contributed by atoms with Crippen LogP contribution in [0.25, 0.3) is 0 Å². The van der Waals surface area contributed by atoms with E-state index in [0.717, 1.165) is 6.07 Å². The molecule has 0 saturated carbocycles. The Kier molecular flexibility index (Phi) is 3.33. The Morgan fingerprint density at radius 2 is 2.07 bits per heavy atom. The Labute approximate surface area is 91.7 Å². The number of carboxylic acids is 1. The molecule has 0 unspecified atom stereocenters. The number of sulfonamides is 1. The van der Waals surface area contributed by atoms with Gasteiger partial charge in [0.15, 0.2) is 0 Å². The second-order valence-corrected chi connectivity index (χ2v) is 4.95. The molecule has 2 N–H and O–H groups in total. The third-order valence-electron chi connectivity index (χ3n) is 1.75. The molecule has 0 aliphatic carbocycles. The first-order valence-corrected chi connectivity index (χ1v) is 5.71. The quantitative estimate of drug-likeness (QED) is 0.835. The van der Waals surface area contributed by atoms with Crippen molar-refractivity contribution in [2.24, 2.45) is 0 Å². The van der Waals surface area contributed by atoms with Crippen molar-refractivity contribution >= 4 is 27.6 Å². The van der Waals surface area contributed by atoms with Crippen LogP contribution >= 0.6 is 11.6 Å². The van der Waals surface area contributed by atoms with Crippen molar-refractivity contribution in [1.29, 1.82) is 0 Å². The Hall–Kier alpha value is -1.11. The summed E-state index contributed by atoms with van der Waals surface area (Å²) in [5.74, 6) is -1.27. The van der Waals surface area contributed by atoms with Crippen LogP contribution in [0.15, 0.2) is 23.1 Å². The summed E-state index contributed by atoms with van der Waals surface area (Å²) in [5, 5.41) is 8.73. The lowest BCUT2D eigenvalue weighted by molar-refractivity contribution is 0.0697. The van der Waals surface area contributed by atoms with Crippen LogP contribution < -0.4 is 4.72 Å². The van der Waals surface area contributed by atoms with E-state index in [1.165, 1.54) is 19.2 Å². The van der Waals surface area contributed by atoms with Gasteiger partial charge in [0.1, 0.15) is 0 Å². The fourth-order valence-electron chi connectivity index (χ4n) is 0.953. The smallest absolute Gasteiger partial charge is 0.337 e. The topological polar surface area (TPSA) is 83.5 Å². The van der Waals surface area contributed by atoms with Gasteiger partial charge in [-0.05, 0) is 25.2 Å². The van der Waals surface area contributed by atoms with E-state index in [0.29, 0.717) is 0 Å². The van der Waals surface area contributed by atoms with Crippen molar-refractivity contribution in [2.45, 2.75) is 4.90 Å². The zero-order chi connectivity index (χ0) is 11.6. The van der Waals surface area contributed by atoms with Crippen LogP contribution in [0, 0.1) is 0 Å². The first-order chi connectivity index (χ1) is 6.88. The molecule has 0 aliphatic heterocycles. The van der Waals surface area contributed by atoms with E-state index >= 15 is 0 Å². The van der Waals surface area contributed by atoms with Gasteiger partial charge in [0.2, 0.25) is 10.0 Å². The number of benzene rings is 1. The lowest BCUT2D eigenvalue weighted by atomic mass is 10.2. The fraction of sp³-hybridized carbons (Fsp3) is 0.125. The van der Waals surface area contributed by atoms with Gasteiger partial charge in [0.05, 0.1) is 15.5 Å². The van der Waals surface area contributed by atoms with Gasteiger partial charge in [-0.3, -0.25) is 0 Å². The number of hydrogen-bond donors (Lipinski definition) is 2. The Morgan fingerprint density at radius 1 is 1.47 bits per heavy atom. The van der Waals surface area contributed by atoms with Crippen molar-refractivity contribution in [1.82, 2.24) is 4.72 Å². The predicted octanol–water partition coefficient (Wildman–Crippen LogP) is 0.946. The maximum absolute atomic E-state index is 11.3. The Bertz CT molecular complexity index is 497. The number of aromatic carboxylic acids is 1. The number of carboxylic acid groups (broad SMARTS) is 1. The minimum atomic E-state index is -3.64. The average molecular weight is 250 g/mol. The summed E-state index contributed by atoms with van der Waals surface area (Å²) < 4.78 is 24.8. The molecule has 0 amide bonds. The summed E-state index contributed by atoms with van der Waals surface area (Å²) in [7, 11) is -2.40. The molecule has 0 aliphatic rings. The third-order valence-corrected chi connectivity index (χ3v) is 3.49. The fourth-order valence-corrected chi connectivity index (χ4v) is 1.91. The molecule has 0 fully saturated rings. The summed E-state index contributed by atoms with van der Waals surface area (Å²) in [6.07, 6.45) is 0. The standard InChI is InChI=1S/C8H8ClNO4S/c1-10-15(13,14)5-2-3-7(9)6(4-5)8(11)12/h2-4,10H,1H3,(H,11,12). The molecule has 0 saturated heterocycles. The molecule has 0 heterocycles. The Morgan fingerprint density at radius 3 is 2.53 bits per heavy atom. The van der Waals surface area contributed by atoms with Gasteiger partial charge < -0.3 is 5.11 Å². The van der Waals surface area contributed by atoms with Crippen molar-refractivity contribution in [3.8, 4) is 0 Å². The van der Waals surface area contributed by atoms with Crippen LogP contribution in [0.4, 0.5) is 0 Å². The second kappa shape index (κ2) is 4.18. The molecule has 0 spiro atoms. The van der Waals surface area contributed by atoms with Crippen LogP contribution in [-0.4, -0.2) is 26.5 Å². The summed E-state index contributed by atoms with van der Waals surface area (Å²) in [6.45, 7) is 0. The highest BCUT2D eigenvalue weighted by Crippen LogP contribution is 2.20. The zero-order valence-corrected chi connectivity index (χ0v) is 9.26. The zero-order valence-electron chi connectivity index (χ0n) is 7.69.